The molecule has 0 saturated carbocycles. The number of methoxy groups -OCH3 is 1. The molecule has 1 unspecified atom stereocenters. The number of nitrogens with two attached hydrogens (primary N) is 1. The van der Waals surface area contributed by atoms with Gasteiger partial charge < -0.3 is 26.0 Å². The predicted octanol–water partition coefficient (Wildman–Crippen LogP) is 0.490. The van der Waals surface area contributed by atoms with Gasteiger partial charge in [0.15, 0.2) is 0 Å². The van der Waals surface area contributed by atoms with E-state index in [1.54, 1.807) is 7.11 Å². The Kier molecular flexibility index (Phi) is 6.64. The number of benzene rings is 1. The molecule has 2 atom stereocenters. The van der Waals surface area contributed by atoms with Gasteiger partial charge in [-0.2, -0.15) is 0 Å². The van der Waals surface area contributed by atoms with Gasteiger partial charge in [-0.1, -0.05) is 26.0 Å². The number of nitrogens with one attached hydrogen (secondary N) is 2. The Labute approximate surface area is 148 Å². The molecule has 138 valence electrons. The predicted molar refractivity (Wildman–Crippen MR) is 97.6 cm³/mol. The molecule has 1 saturated heterocycles. The molecule has 1 aliphatic rings. The van der Waals surface area contributed by atoms with Crippen molar-refractivity contribution in [1.82, 2.24) is 10.6 Å². The molecule has 0 radical (unpaired) electrons. The van der Waals surface area contributed by atoms with Crippen LogP contribution in [0.4, 0.5) is 5.69 Å². The van der Waals surface area contributed by atoms with Crippen molar-refractivity contribution in [1.29, 1.82) is 0 Å². The van der Waals surface area contributed by atoms with Gasteiger partial charge in [0.05, 0.1) is 25.4 Å². The molecular weight excluding hydrogens is 320 g/mol. The van der Waals surface area contributed by atoms with E-state index in [4.69, 9.17) is 10.5 Å². The third-order valence-electron chi connectivity index (χ3n) is 4.42. The number of hydrogen-bond donors (Lipinski definition) is 3. The Hall–Kier alpha value is -2.28. The van der Waals surface area contributed by atoms with Crippen LogP contribution in [0.1, 0.15) is 20.3 Å². The van der Waals surface area contributed by atoms with Gasteiger partial charge in [0.1, 0.15) is 5.75 Å². The number of ether oxygens (including phenoxy) is 1. The lowest BCUT2D eigenvalue weighted by atomic mass is 10.1. The lowest BCUT2D eigenvalue weighted by Gasteiger charge is -2.21. The standard InChI is InChI=1S/C18H28N4O3/c1-12(2)17(19)18(24)20-10-16(23)21-13-8-9-22(11-13)14-6-4-5-7-15(14)25-3/h4-7,12-13,17H,8-11,19H2,1-3H3,(H,20,24)(H,21,23)/t13?,17-/m0/s1. The molecule has 0 aliphatic carbocycles. The highest BCUT2D eigenvalue weighted by atomic mass is 16.5. The van der Waals surface area contributed by atoms with Gasteiger partial charge in [-0.3, -0.25) is 9.59 Å². The van der Waals surface area contributed by atoms with Gasteiger partial charge in [0, 0.05) is 19.1 Å². The van der Waals surface area contributed by atoms with Crippen molar-refractivity contribution in [3.05, 3.63) is 24.3 Å². The van der Waals surface area contributed by atoms with E-state index in [1.807, 2.05) is 38.1 Å². The second-order valence-electron chi connectivity index (χ2n) is 6.66. The first-order valence-electron chi connectivity index (χ1n) is 8.63. The Morgan fingerprint density at radius 3 is 2.76 bits per heavy atom. The van der Waals surface area contributed by atoms with Gasteiger partial charge in [-0.05, 0) is 24.5 Å². The summed E-state index contributed by atoms with van der Waals surface area (Å²) < 4.78 is 5.39. The van der Waals surface area contributed by atoms with E-state index < -0.39 is 6.04 Å². The molecule has 0 bridgehead atoms. The second kappa shape index (κ2) is 8.71. The summed E-state index contributed by atoms with van der Waals surface area (Å²) in [6, 6.07) is 7.29. The quantitative estimate of drug-likeness (QED) is 0.666. The Morgan fingerprint density at radius 1 is 1.36 bits per heavy atom. The maximum absolute atomic E-state index is 12.1. The SMILES string of the molecule is COc1ccccc1N1CCC(NC(=O)CNC(=O)[C@@H](N)C(C)C)C1. The van der Waals surface area contributed by atoms with Crippen molar-refractivity contribution in [3.63, 3.8) is 0 Å². The van der Waals surface area contributed by atoms with E-state index in [1.165, 1.54) is 0 Å². The number of anilines is 1. The molecular formula is C18H28N4O3. The molecule has 4 N–H and O–H groups in total. The molecule has 2 amide bonds. The number of nitrogens with zero attached hydrogens (tertiary/aromatic N) is 1. The maximum Gasteiger partial charge on any atom is 0.239 e. The fourth-order valence-electron chi connectivity index (χ4n) is 2.85. The largest absolute Gasteiger partial charge is 0.495 e. The van der Waals surface area contributed by atoms with Crippen molar-refractivity contribution in [2.24, 2.45) is 11.7 Å². The van der Waals surface area contributed by atoms with Crippen molar-refractivity contribution < 1.29 is 14.3 Å². The summed E-state index contributed by atoms with van der Waals surface area (Å²) in [7, 11) is 1.65. The highest BCUT2D eigenvalue weighted by Crippen LogP contribution is 2.30. The summed E-state index contributed by atoms with van der Waals surface area (Å²) in [5.74, 6) is 0.361. The van der Waals surface area contributed by atoms with Gasteiger partial charge in [0.2, 0.25) is 11.8 Å². The molecule has 2 rings (SSSR count). The molecule has 1 heterocycles. The number of carbonyl (C=O) groups excluding carboxylic acids is 2. The van der Waals surface area contributed by atoms with Gasteiger partial charge in [0.25, 0.3) is 0 Å². The van der Waals surface area contributed by atoms with Crippen molar-refractivity contribution >= 4 is 17.5 Å². The van der Waals surface area contributed by atoms with E-state index in [2.05, 4.69) is 15.5 Å². The minimum absolute atomic E-state index is 0.0345. The fraction of sp³-hybridized carbons (Fsp3) is 0.556. The summed E-state index contributed by atoms with van der Waals surface area (Å²) in [6.45, 7) is 5.25. The Balaban J connectivity index is 1.81. The summed E-state index contributed by atoms with van der Waals surface area (Å²) in [6.07, 6.45) is 0.850. The monoisotopic (exact) mass is 348 g/mol. The minimum Gasteiger partial charge on any atom is -0.495 e. The van der Waals surface area contributed by atoms with Crippen LogP contribution in [0.5, 0.6) is 5.75 Å². The number of amides is 2. The molecule has 0 spiro atoms. The van der Waals surface area contributed by atoms with Crippen LogP contribution in [0.3, 0.4) is 0 Å². The van der Waals surface area contributed by atoms with Gasteiger partial charge in [-0.25, -0.2) is 0 Å². The van der Waals surface area contributed by atoms with Gasteiger partial charge in [-0.15, -0.1) is 0 Å². The van der Waals surface area contributed by atoms with Crippen LogP contribution in [-0.4, -0.2) is 50.6 Å². The number of rotatable bonds is 7. The third kappa shape index (κ3) is 5.09. The molecule has 0 aromatic heterocycles. The van der Waals surface area contributed by atoms with Crippen molar-refractivity contribution in [2.45, 2.75) is 32.4 Å². The first-order chi connectivity index (χ1) is 11.9. The topological polar surface area (TPSA) is 96.7 Å². The van der Waals surface area contributed by atoms with E-state index in [0.717, 1.165) is 24.4 Å². The van der Waals surface area contributed by atoms with Crippen molar-refractivity contribution in [3.8, 4) is 5.75 Å². The van der Waals surface area contributed by atoms with Crippen LogP contribution in [0.2, 0.25) is 0 Å². The lowest BCUT2D eigenvalue weighted by Crippen LogP contribution is -2.48. The first kappa shape index (κ1) is 19.1. The minimum atomic E-state index is -0.597. The fourth-order valence-corrected chi connectivity index (χ4v) is 2.85. The molecule has 1 fully saturated rings. The van der Waals surface area contributed by atoms with E-state index in [-0.39, 0.29) is 30.3 Å². The highest BCUT2D eigenvalue weighted by molar-refractivity contribution is 5.87. The van der Waals surface area contributed by atoms with Gasteiger partial charge >= 0.3 is 0 Å². The molecule has 7 heteroatoms. The smallest absolute Gasteiger partial charge is 0.239 e. The normalized spacial score (nSPS) is 18.1. The second-order valence-corrected chi connectivity index (χ2v) is 6.66. The Morgan fingerprint density at radius 2 is 2.08 bits per heavy atom. The van der Waals surface area contributed by atoms with E-state index in [0.29, 0.717) is 6.54 Å². The van der Waals surface area contributed by atoms with Crippen molar-refractivity contribution in [2.75, 3.05) is 31.6 Å². The van der Waals surface area contributed by atoms with Crippen LogP contribution in [0, 0.1) is 5.92 Å². The first-order valence-corrected chi connectivity index (χ1v) is 8.63. The molecule has 1 aromatic carbocycles. The van der Waals surface area contributed by atoms with E-state index >= 15 is 0 Å². The molecule has 25 heavy (non-hydrogen) atoms. The summed E-state index contributed by atoms with van der Waals surface area (Å²) >= 11 is 0. The number of carbonyl (C=O) groups is 2. The highest BCUT2D eigenvalue weighted by Gasteiger charge is 2.26. The number of hydrogen-bond acceptors (Lipinski definition) is 5. The summed E-state index contributed by atoms with van der Waals surface area (Å²) in [5.41, 5.74) is 6.78. The Bertz CT molecular complexity index is 606. The average Bonchev–Trinajstić information content (AvgIpc) is 3.06. The number of para-hydroxylation sites is 2. The van der Waals surface area contributed by atoms with Crippen LogP contribution in [0.15, 0.2) is 24.3 Å². The zero-order valence-corrected chi connectivity index (χ0v) is 15.1. The van der Waals surface area contributed by atoms with Crippen LogP contribution in [0.25, 0.3) is 0 Å². The maximum atomic E-state index is 12.1. The summed E-state index contributed by atoms with van der Waals surface area (Å²) in [4.78, 5) is 26.0. The molecule has 1 aliphatic heterocycles. The summed E-state index contributed by atoms with van der Waals surface area (Å²) in [5, 5.41) is 5.55. The average molecular weight is 348 g/mol. The van der Waals surface area contributed by atoms with Crippen LogP contribution >= 0.6 is 0 Å². The lowest BCUT2D eigenvalue weighted by molar-refractivity contribution is -0.127. The zero-order valence-electron chi connectivity index (χ0n) is 15.1. The zero-order chi connectivity index (χ0) is 18.4. The third-order valence-corrected chi connectivity index (χ3v) is 4.42. The van der Waals surface area contributed by atoms with E-state index in [9.17, 15) is 9.59 Å². The molecule has 1 aromatic rings. The molecule has 7 nitrogen and oxygen atoms in total. The van der Waals surface area contributed by atoms with Crippen LogP contribution < -0.4 is 26.0 Å². The van der Waals surface area contributed by atoms with Crippen LogP contribution in [-0.2, 0) is 9.59 Å².